The first-order valence-corrected chi connectivity index (χ1v) is 12.6. The van der Waals surface area contributed by atoms with E-state index < -0.39 is 0 Å². The molecule has 0 aliphatic carbocycles. The predicted molar refractivity (Wildman–Crippen MR) is 158 cm³/mol. The molecule has 0 heterocycles. The number of aryl methyl sites for hydroxylation is 2. The van der Waals surface area contributed by atoms with Gasteiger partial charge in [-0.05, 0) is 73.5 Å². The van der Waals surface area contributed by atoms with E-state index in [-0.39, 0.29) is 0 Å². The van der Waals surface area contributed by atoms with Gasteiger partial charge in [0, 0.05) is 23.3 Å². The number of hydrogen-bond acceptors (Lipinski definition) is 5. The summed E-state index contributed by atoms with van der Waals surface area (Å²) in [5.41, 5.74) is 5.91. The number of rotatable bonds is 10. The zero-order valence-corrected chi connectivity index (χ0v) is 23.3. The Hall–Kier alpha value is -4.64. The summed E-state index contributed by atoms with van der Waals surface area (Å²) < 4.78 is 28.8. The van der Waals surface area contributed by atoms with E-state index in [4.69, 9.17) is 23.7 Å². The molecule has 4 rings (SSSR count). The highest BCUT2D eigenvalue weighted by molar-refractivity contribution is 5.86. The molecule has 200 valence electrons. The van der Waals surface area contributed by atoms with E-state index in [0.29, 0.717) is 34.5 Å². The Balaban J connectivity index is 1.90. The third-order valence-electron chi connectivity index (χ3n) is 6.17. The van der Waals surface area contributed by atoms with Crippen molar-refractivity contribution in [2.45, 2.75) is 13.8 Å². The van der Waals surface area contributed by atoms with Gasteiger partial charge in [0.2, 0.25) is 0 Å². The lowest BCUT2D eigenvalue weighted by Gasteiger charge is -2.16. The predicted octanol–water partition coefficient (Wildman–Crippen LogP) is 8.05. The molecule has 0 bridgehead atoms. The standard InChI is InChI=1S/C34H34O5/c1-23-9-7-11-27(13-23)33(19-25-15-29(35-3)21-30(16-25)36-4)39-34(28-12-8-10-24(2)14-28)20-26-17-31(37-5)22-32(18-26)38-6/h7-22H,1-6H3. The molecule has 0 atom stereocenters. The molecule has 5 heteroatoms. The molecule has 4 aromatic rings. The Morgan fingerprint density at radius 2 is 0.846 bits per heavy atom. The van der Waals surface area contributed by atoms with Gasteiger partial charge >= 0.3 is 0 Å². The van der Waals surface area contributed by atoms with Crippen molar-refractivity contribution < 1.29 is 23.7 Å². The highest BCUT2D eigenvalue weighted by atomic mass is 16.5. The maximum absolute atomic E-state index is 6.79. The Morgan fingerprint density at radius 3 is 1.15 bits per heavy atom. The maximum Gasteiger partial charge on any atom is 0.135 e. The molecule has 0 fully saturated rings. The molecule has 0 spiro atoms. The van der Waals surface area contributed by atoms with Crippen LogP contribution in [-0.4, -0.2) is 28.4 Å². The summed E-state index contributed by atoms with van der Waals surface area (Å²) in [4.78, 5) is 0. The summed E-state index contributed by atoms with van der Waals surface area (Å²) in [6.45, 7) is 4.13. The van der Waals surface area contributed by atoms with Crippen LogP contribution in [0.15, 0.2) is 84.9 Å². The molecule has 0 amide bonds. The summed E-state index contributed by atoms with van der Waals surface area (Å²) in [6.07, 6.45) is 3.99. The van der Waals surface area contributed by atoms with Crippen LogP contribution in [0, 0.1) is 13.8 Å². The van der Waals surface area contributed by atoms with Crippen LogP contribution in [0.2, 0.25) is 0 Å². The lowest BCUT2D eigenvalue weighted by Crippen LogP contribution is -1.96. The zero-order valence-electron chi connectivity index (χ0n) is 23.3. The second kappa shape index (κ2) is 12.7. The average molecular weight is 523 g/mol. The molecule has 0 saturated carbocycles. The van der Waals surface area contributed by atoms with Gasteiger partial charge in [0.05, 0.1) is 28.4 Å². The topological polar surface area (TPSA) is 46.2 Å². The Bertz CT molecular complexity index is 1340. The fourth-order valence-corrected chi connectivity index (χ4v) is 4.19. The first-order valence-electron chi connectivity index (χ1n) is 12.6. The Labute approximate surface area is 230 Å². The molecule has 0 saturated heterocycles. The number of methoxy groups -OCH3 is 4. The van der Waals surface area contributed by atoms with Gasteiger partial charge in [-0.15, -0.1) is 0 Å². The zero-order chi connectivity index (χ0) is 27.8. The van der Waals surface area contributed by atoms with Crippen LogP contribution in [0.3, 0.4) is 0 Å². The molecule has 0 aromatic heterocycles. The van der Waals surface area contributed by atoms with Crippen LogP contribution in [0.4, 0.5) is 0 Å². The summed E-state index contributed by atoms with van der Waals surface area (Å²) in [5.74, 6) is 4.14. The molecular weight excluding hydrogens is 488 g/mol. The van der Waals surface area contributed by atoms with E-state index in [1.807, 2.05) is 72.8 Å². The second-order valence-electron chi connectivity index (χ2n) is 9.15. The number of hydrogen-bond donors (Lipinski definition) is 0. The third kappa shape index (κ3) is 7.23. The Morgan fingerprint density at radius 1 is 0.487 bits per heavy atom. The molecule has 0 unspecified atom stereocenters. The van der Waals surface area contributed by atoms with E-state index in [1.165, 1.54) is 0 Å². The highest BCUT2D eigenvalue weighted by Crippen LogP contribution is 2.33. The molecule has 0 radical (unpaired) electrons. The maximum atomic E-state index is 6.79. The number of ether oxygens (including phenoxy) is 5. The van der Waals surface area contributed by atoms with E-state index in [2.05, 4.69) is 38.1 Å². The molecule has 39 heavy (non-hydrogen) atoms. The first kappa shape index (κ1) is 27.4. The van der Waals surface area contributed by atoms with Gasteiger partial charge in [-0.1, -0.05) is 47.5 Å². The summed E-state index contributed by atoms with van der Waals surface area (Å²) in [7, 11) is 6.56. The lowest BCUT2D eigenvalue weighted by molar-refractivity contribution is 0.394. The average Bonchev–Trinajstić information content (AvgIpc) is 2.95. The van der Waals surface area contributed by atoms with Gasteiger partial charge in [0.1, 0.15) is 34.5 Å². The van der Waals surface area contributed by atoms with E-state index in [1.54, 1.807) is 28.4 Å². The third-order valence-corrected chi connectivity index (χ3v) is 6.17. The van der Waals surface area contributed by atoms with Crippen molar-refractivity contribution in [2.75, 3.05) is 28.4 Å². The molecule has 0 aliphatic rings. The van der Waals surface area contributed by atoms with Crippen LogP contribution in [-0.2, 0) is 4.74 Å². The molecule has 5 nitrogen and oxygen atoms in total. The van der Waals surface area contributed by atoms with E-state index >= 15 is 0 Å². The van der Waals surface area contributed by atoms with Crippen molar-refractivity contribution >= 4 is 23.7 Å². The van der Waals surface area contributed by atoms with Gasteiger partial charge in [0.15, 0.2) is 0 Å². The van der Waals surface area contributed by atoms with Gasteiger partial charge < -0.3 is 23.7 Å². The molecular formula is C34H34O5. The monoisotopic (exact) mass is 522 g/mol. The van der Waals surface area contributed by atoms with Gasteiger partial charge in [-0.2, -0.15) is 0 Å². The summed E-state index contributed by atoms with van der Waals surface area (Å²) in [6, 6.07) is 28.0. The van der Waals surface area contributed by atoms with E-state index in [0.717, 1.165) is 33.4 Å². The summed E-state index contributed by atoms with van der Waals surface area (Å²) in [5, 5.41) is 0. The van der Waals surface area contributed by atoms with Gasteiger partial charge in [0.25, 0.3) is 0 Å². The number of benzene rings is 4. The largest absolute Gasteiger partial charge is 0.497 e. The minimum absolute atomic E-state index is 0.677. The van der Waals surface area contributed by atoms with Crippen LogP contribution in [0.25, 0.3) is 23.7 Å². The SMILES string of the molecule is COc1cc(C=C(OC(=Cc2cc(OC)cc(OC)c2)c2cccc(C)c2)c2cccc(C)c2)cc(OC)c1. The Kier molecular flexibility index (Phi) is 8.95. The van der Waals surface area contributed by atoms with E-state index in [9.17, 15) is 0 Å². The minimum Gasteiger partial charge on any atom is -0.497 e. The molecule has 4 aromatic carbocycles. The van der Waals surface area contributed by atoms with Crippen molar-refractivity contribution in [1.29, 1.82) is 0 Å². The second-order valence-corrected chi connectivity index (χ2v) is 9.15. The van der Waals surface area contributed by atoms with Crippen LogP contribution in [0.1, 0.15) is 33.4 Å². The lowest BCUT2D eigenvalue weighted by atomic mass is 10.1. The molecule has 0 N–H and O–H groups in total. The smallest absolute Gasteiger partial charge is 0.135 e. The van der Waals surface area contributed by atoms with Crippen LogP contribution < -0.4 is 18.9 Å². The van der Waals surface area contributed by atoms with Crippen molar-refractivity contribution in [2.24, 2.45) is 0 Å². The minimum atomic E-state index is 0.677. The van der Waals surface area contributed by atoms with Crippen LogP contribution >= 0.6 is 0 Å². The van der Waals surface area contributed by atoms with Gasteiger partial charge in [-0.3, -0.25) is 0 Å². The van der Waals surface area contributed by atoms with Crippen molar-refractivity contribution in [3.05, 3.63) is 118 Å². The normalized spacial score (nSPS) is 11.6. The van der Waals surface area contributed by atoms with Gasteiger partial charge in [-0.25, -0.2) is 0 Å². The quantitative estimate of drug-likeness (QED) is 0.156. The highest BCUT2D eigenvalue weighted by Gasteiger charge is 2.13. The molecule has 0 aliphatic heterocycles. The fourth-order valence-electron chi connectivity index (χ4n) is 4.19. The van der Waals surface area contributed by atoms with Crippen LogP contribution in [0.5, 0.6) is 23.0 Å². The van der Waals surface area contributed by atoms with Crippen molar-refractivity contribution in [3.8, 4) is 23.0 Å². The summed E-state index contributed by atoms with van der Waals surface area (Å²) >= 11 is 0. The van der Waals surface area contributed by atoms with Crippen molar-refractivity contribution in [3.63, 3.8) is 0 Å². The first-order chi connectivity index (χ1) is 18.9. The van der Waals surface area contributed by atoms with Crippen molar-refractivity contribution in [1.82, 2.24) is 0 Å². The fraction of sp³-hybridized carbons (Fsp3) is 0.176.